The van der Waals surface area contributed by atoms with Crippen molar-refractivity contribution >= 4 is 10.1 Å². The summed E-state index contributed by atoms with van der Waals surface area (Å²) >= 11 is 0. The minimum Gasteiger partial charge on any atom is -0.345 e. The van der Waals surface area contributed by atoms with Gasteiger partial charge in [-0.2, -0.15) is 8.42 Å². The predicted octanol–water partition coefficient (Wildman–Crippen LogP) is 1.81. The maximum absolute atomic E-state index is 12.0. The van der Waals surface area contributed by atoms with E-state index < -0.39 is 22.2 Å². The van der Waals surface area contributed by atoms with Gasteiger partial charge in [-0.15, -0.1) is 0 Å². The lowest BCUT2D eigenvalue weighted by Gasteiger charge is -2.16. The number of rotatable bonds is 3. The Morgan fingerprint density at radius 3 is 2.39 bits per heavy atom. The van der Waals surface area contributed by atoms with E-state index in [1.165, 1.54) is 12.1 Å². The molecule has 100 valence electrons. The van der Waals surface area contributed by atoms with Crippen molar-refractivity contribution in [1.29, 1.82) is 0 Å². The van der Waals surface area contributed by atoms with Gasteiger partial charge in [0.25, 0.3) is 10.1 Å². The van der Waals surface area contributed by atoms with Gasteiger partial charge in [0, 0.05) is 0 Å². The predicted molar refractivity (Wildman–Crippen MR) is 64.4 cm³/mol. The Bertz CT molecular complexity index is 518. The molecule has 18 heavy (non-hydrogen) atoms. The van der Waals surface area contributed by atoms with E-state index in [1.807, 2.05) is 6.92 Å². The Kier molecular flexibility index (Phi) is 3.46. The van der Waals surface area contributed by atoms with Crippen LogP contribution < -0.4 is 0 Å². The average Bonchev–Trinajstić information content (AvgIpc) is 2.57. The van der Waals surface area contributed by atoms with E-state index in [1.54, 1.807) is 26.0 Å². The molecular formula is C12H16O5S. The minimum atomic E-state index is -3.82. The molecule has 1 aliphatic heterocycles. The molecule has 0 aromatic heterocycles. The van der Waals surface area contributed by atoms with Crippen LogP contribution in [0.2, 0.25) is 0 Å². The molecule has 5 nitrogen and oxygen atoms in total. The van der Waals surface area contributed by atoms with Gasteiger partial charge in [0.05, 0.1) is 4.90 Å². The smallest absolute Gasteiger partial charge is 0.299 e. The zero-order valence-electron chi connectivity index (χ0n) is 10.5. The van der Waals surface area contributed by atoms with Crippen LogP contribution in [0.4, 0.5) is 0 Å². The second kappa shape index (κ2) is 4.62. The number of ether oxygens (including phenoxy) is 2. The Morgan fingerprint density at radius 2 is 1.89 bits per heavy atom. The van der Waals surface area contributed by atoms with Gasteiger partial charge in [-0.1, -0.05) is 17.7 Å². The van der Waals surface area contributed by atoms with E-state index in [0.29, 0.717) is 0 Å². The van der Waals surface area contributed by atoms with Gasteiger partial charge in [0.1, 0.15) is 6.61 Å². The monoisotopic (exact) mass is 272 g/mol. The summed E-state index contributed by atoms with van der Waals surface area (Å²) in [5, 5.41) is 0. The van der Waals surface area contributed by atoms with E-state index in [9.17, 15) is 8.42 Å². The van der Waals surface area contributed by atoms with Crippen molar-refractivity contribution in [3.63, 3.8) is 0 Å². The molecule has 2 rings (SSSR count). The molecule has 1 saturated heterocycles. The van der Waals surface area contributed by atoms with Crippen molar-refractivity contribution in [3.05, 3.63) is 29.8 Å². The van der Waals surface area contributed by atoms with Crippen LogP contribution in [0, 0.1) is 6.92 Å². The number of benzene rings is 1. The molecule has 1 atom stereocenters. The molecular weight excluding hydrogens is 256 g/mol. The van der Waals surface area contributed by atoms with Gasteiger partial charge in [-0.3, -0.25) is 0 Å². The van der Waals surface area contributed by atoms with Gasteiger partial charge in [-0.05, 0) is 32.9 Å². The summed E-state index contributed by atoms with van der Waals surface area (Å²) in [4.78, 5) is 0.112. The van der Waals surface area contributed by atoms with Crippen LogP contribution in [-0.4, -0.2) is 27.1 Å². The molecule has 0 saturated carbocycles. The summed E-state index contributed by atoms with van der Waals surface area (Å²) in [6.45, 7) is 5.38. The van der Waals surface area contributed by atoms with Gasteiger partial charge in [-0.25, -0.2) is 4.18 Å². The molecule has 0 radical (unpaired) electrons. The Hall–Kier alpha value is -0.950. The highest BCUT2D eigenvalue weighted by molar-refractivity contribution is 7.86. The quantitative estimate of drug-likeness (QED) is 0.785. The Balaban J connectivity index is 2.11. The fraction of sp³-hybridized carbons (Fsp3) is 0.500. The summed E-state index contributed by atoms with van der Waals surface area (Å²) in [6, 6.07) is 6.44. The van der Waals surface area contributed by atoms with Crippen LogP contribution in [0.3, 0.4) is 0 Å². The molecule has 0 bridgehead atoms. The second-order valence-electron chi connectivity index (χ2n) is 4.62. The topological polar surface area (TPSA) is 61.8 Å². The zero-order valence-corrected chi connectivity index (χ0v) is 11.4. The Morgan fingerprint density at radius 1 is 1.28 bits per heavy atom. The first-order valence-corrected chi connectivity index (χ1v) is 7.01. The van der Waals surface area contributed by atoms with Crippen LogP contribution in [0.1, 0.15) is 19.4 Å². The van der Waals surface area contributed by atoms with Crippen molar-refractivity contribution in [2.75, 3.05) is 6.61 Å². The molecule has 0 spiro atoms. The van der Waals surface area contributed by atoms with Crippen LogP contribution in [0.15, 0.2) is 29.2 Å². The zero-order chi connectivity index (χ0) is 13.4. The van der Waals surface area contributed by atoms with Gasteiger partial charge < -0.3 is 9.47 Å². The van der Waals surface area contributed by atoms with E-state index in [4.69, 9.17) is 13.7 Å². The summed E-state index contributed by atoms with van der Waals surface area (Å²) in [5.41, 5.74) is 0.982. The van der Waals surface area contributed by atoms with Crippen molar-refractivity contribution in [2.24, 2.45) is 0 Å². The van der Waals surface area contributed by atoms with E-state index in [-0.39, 0.29) is 11.5 Å². The normalized spacial score (nSPS) is 23.2. The van der Waals surface area contributed by atoms with E-state index >= 15 is 0 Å². The maximum atomic E-state index is 12.0. The molecule has 0 N–H and O–H groups in total. The third-order valence-electron chi connectivity index (χ3n) is 2.53. The SMILES string of the molecule is Cc1ccc(S(=O)(=O)O[C@@H]2COC(C)(C)O2)cc1. The summed E-state index contributed by atoms with van der Waals surface area (Å²) < 4.78 is 39.4. The molecule has 1 heterocycles. The third kappa shape index (κ3) is 3.08. The van der Waals surface area contributed by atoms with Crippen molar-refractivity contribution < 1.29 is 22.1 Å². The molecule has 1 aromatic carbocycles. The minimum absolute atomic E-state index is 0.0953. The van der Waals surface area contributed by atoms with Crippen molar-refractivity contribution in [3.8, 4) is 0 Å². The lowest BCUT2D eigenvalue weighted by molar-refractivity contribution is -0.166. The van der Waals surface area contributed by atoms with Crippen LogP contribution >= 0.6 is 0 Å². The number of aryl methyl sites for hydroxylation is 1. The van der Waals surface area contributed by atoms with Crippen molar-refractivity contribution in [2.45, 2.75) is 37.7 Å². The molecule has 0 amide bonds. The Labute approximate surface area is 107 Å². The highest BCUT2D eigenvalue weighted by Crippen LogP contribution is 2.25. The van der Waals surface area contributed by atoms with Crippen molar-refractivity contribution in [1.82, 2.24) is 0 Å². The van der Waals surface area contributed by atoms with Crippen LogP contribution in [0.5, 0.6) is 0 Å². The lowest BCUT2D eigenvalue weighted by atomic mass is 10.2. The maximum Gasteiger partial charge on any atom is 0.299 e. The summed E-state index contributed by atoms with van der Waals surface area (Å²) in [5.74, 6) is -0.812. The lowest BCUT2D eigenvalue weighted by Crippen LogP contribution is -2.24. The molecule has 0 unspecified atom stereocenters. The highest BCUT2D eigenvalue weighted by atomic mass is 32.2. The van der Waals surface area contributed by atoms with Gasteiger partial charge >= 0.3 is 0 Å². The van der Waals surface area contributed by atoms with Gasteiger partial charge in [0.15, 0.2) is 5.79 Å². The number of hydrogen-bond donors (Lipinski definition) is 0. The highest BCUT2D eigenvalue weighted by Gasteiger charge is 2.36. The average molecular weight is 272 g/mol. The molecule has 1 fully saturated rings. The summed E-state index contributed by atoms with van der Waals surface area (Å²) in [6.07, 6.45) is -0.897. The second-order valence-corrected chi connectivity index (χ2v) is 6.19. The molecule has 1 aromatic rings. The first kappa shape index (κ1) is 13.5. The van der Waals surface area contributed by atoms with Gasteiger partial charge in [0.2, 0.25) is 6.29 Å². The van der Waals surface area contributed by atoms with E-state index in [0.717, 1.165) is 5.56 Å². The third-order valence-corrected chi connectivity index (χ3v) is 3.84. The first-order valence-electron chi connectivity index (χ1n) is 5.60. The fourth-order valence-corrected chi connectivity index (χ4v) is 2.56. The van der Waals surface area contributed by atoms with Crippen LogP contribution in [0.25, 0.3) is 0 Å². The summed E-state index contributed by atoms with van der Waals surface area (Å²) in [7, 11) is -3.82. The fourth-order valence-electron chi connectivity index (χ4n) is 1.60. The standard InChI is InChI=1S/C12H16O5S/c1-9-4-6-10(7-5-9)18(13,14)17-11-8-15-12(2,3)16-11/h4-7,11H,8H2,1-3H3/t11-/m1/s1. The molecule has 6 heteroatoms. The van der Waals surface area contributed by atoms with E-state index in [2.05, 4.69) is 0 Å². The number of hydrogen-bond acceptors (Lipinski definition) is 5. The largest absolute Gasteiger partial charge is 0.345 e. The first-order chi connectivity index (χ1) is 8.28. The van der Waals surface area contributed by atoms with Crippen LogP contribution in [-0.2, 0) is 23.8 Å². The molecule has 1 aliphatic rings. The molecule has 0 aliphatic carbocycles.